The first kappa shape index (κ1) is 14.8. The first-order chi connectivity index (χ1) is 10.6. The van der Waals surface area contributed by atoms with Crippen LogP contribution in [0.2, 0.25) is 0 Å². The van der Waals surface area contributed by atoms with Gasteiger partial charge in [0.1, 0.15) is 18.2 Å². The molecule has 0 atom stereocenters. The predicted molar refractivity (Wildman–Crippen MR) is 87.4 cm³/mol. The van der Waals surface area contributed by atoms with Crippen LogP contribution in [0.25, 0.3) is 5.57 Å². The maximum absolute atomic E-state index is 13.7. The molecule has 3 heteroatoms. The molecule has 0 unspecified atom stereocenters. The van der Waals surface area contributed by atoms with E-state index in [4.69, 9.17) is 4.74 Å². The van der Waals surface area contributed by atoms with Crippen molar-refractivity contribution in [3.63, 3.8) is 0 Å². The quantitative estimate of drug-likeness (QED) is 0.845. The fourth-order valence-corrected chi connectivity index (χ4v) is 2.74. The van der Waals surface area contributed by atoms with Gasteiger partial charge in [0.2, 0.25) is 0 Å². The van der Waals surface area contributed by atoms with Crippen molar-refractivity contribution in [2.45, 2.75) is 13.0 Å². The molecule has 1 heterocycles. The Labute approximate surface area is 130 Å². The molecule has 0 radical (unpaired) electrons. The highest BCUT2D eigenvalue weighted by molar-refractivity contribution is 5.84. The highest BCUT2D eigenvalue weighted by Crippen LogP contribution is 2.37. The molecule has 0 aliphatic carbocycles. The van der Waals surface area contributed by atoms with Crippen LogP contribution in [0.1, 0.15) is 23.1 Å². The van der Waals surface area contributed by atoms with Crippen molar-refractivity contribution in [2.24, 2.45) is 0 Å². The second kappa shape index (κ2) is 6.32. The number of nitrogens with zero attached hydrogens (tertiary/aromatic N) is 1. The number of hydrogen-bond donors (Lipinski definition) is 0. The summed E-state index contributed by atoms with van der Waals surface area (Å²) in [6.45, 7) is 1.47. The average molecular weight is 297 g/mol. The van der Waals surface area contributed by atoms with Gasteiger partial charge >= 0.3 is 0 Å². The van der Waals surface area contributed by atoms with E-state index < -0.39 is 0 Å². The highest BCUT2D eigenvalue weighted by atomic mass is 19.1. The smallest absolute Gasteiger partial charge is 0.127 e. The molecule has 3 rings (SSSR count). The van der Waals surface area contributed by atoms with Gasteiger partial charge in [-0.15, -0.1) is 0 Å². The van der Waals surface area contributed by atoms with E-state index in [1.807, 2.05) is 12.1 Å². The van der Waals surface area contributed by atoms with Gasteiger partial charge in [-0.25, -0.2) is 4.39 Å². The summed E-state index contributed by atoms with van der Waals surface area (Å²) in [5, 5.41) is 0. The second-order valence-corrected chi connectivity index (χ2v) is 5.80. The molecule has 0 fully saturated rings. The first-order valence-corrected chi connectivity index (χ1v) is 7.51. The Hall–Kier alpha value is -2.13. The summed E-state index contributed by atoms with van der Waals surface area (Å²) in [7, 11) is 4.10. The van der Waals surface area contributed by atoms with Crippen LogP contribution in [0.3, 0.4) is 0 Å². The van der Waals surface area contributed by atoms with Gasteiger partial charge in [-0.05, 0) is 55.4 Å². The molecule has 0 amide bonds. The molecule has 1 aliphatic rings. The lowest BCUT2D eigenvalue weighted by Gasteiger charge is -2.12. The van der Waals surface area contributed by atoms with Crippen LogP contribution in [-0.4, -0.2) is 25.5 Å². The van der Waals surface area contributed by atoms with Crippen LogP contribution in [0.5, 0.6) is 5.75 Å². The van der Waals surface area contributed by atoms with E-state index in [1.54, 1.807) is 12.1 Å². The zero-order valence-electron chi connectivity index (χ0n) is 13.0. The molecule has 0 spiro atoms. The Morgan fingerprint density at radius 3 is 2.77 bits per heavy atom. The van der Waals surface area contributed by atoms with Crippen molar-refractivity contribution < 1.29 is 9.13 Å². The van der Waals surface area contributed by atoms with Crippen LogP contribution < -0.4 is 4.74 Å². The second-order valence-electron chi connectivity index (χ2n) is 5.80. The summed E-state index contributed by atoms with van der Waals surface area (Å²) >= 11 is 0. The van der Waals surface area contributed by atoms with Crippen LogP contribution >= 0.6 is 0 Å². The first-order valence-electron chi connectivity index (χ1n) is 7.51. The maximum Gasteiger partial charge on any atom is 0.127 e. The summed E-state index contributed by atoms with van der Waals surface area (Å²) in [4.78, 5) is 2.14. The Kier molecular flexibility index (Phi) is 4.25. The molecule has 2 nitrogen and oxygen atoms in total. The van der Waals surface area contributed by atoms with Crippen molar-refractivity contribution in [1.29, 1.82) is 0 Å². The highest BCUT2D eigenvalue weighted by Gasteiger charge is 2.19. The minimum atomic E-state index is -0.236. The standard InChI is InChI=1S/C19H20FNO/c1-21(2)11-5-8-17-16-7-4-3-6-14(16)13-22-19-10-9-15(20)12-18(17)19/h3-4,6-10,12H,5,11,13H2,1-2H3/b17-8+. The van der Waals surface area contributed by atoms with Crippen LogP contribution in [0.15, 0.2) is 48.5 Å². The van der Waals surface area contributed by atoms with Crippen molar-refractivity contribution in [3.05, 3.63) is 71.0 Å². The molecule has 0 N–H and O–H groups in total. The van der Waals surface area contributed by atoms with Gasteiger partial charge in [0.15, 0.2) is 0 Å². The number of halogens is 1. The van der Waals surface area contributed by atoms with Crippen molar-refractivity contribution in [2.75, 3.05) is 20.6 Å². The van der Waals surface area contributed by atoms with Gasteiger partial charge in [-0.2, -0.15) is 0 Å². The number of hydrogen-bond acceptors (Lipinski definition) is 2. The Morgan fingerprint density at radius 2 is 1.95 bits per heavy atom. The van der Waals surface area contributed by atoms with Crippen LogP contribution in [0.4, 0.5) is 4.39 Å². The van der Waals surface area contributed by atoms with Crippen LogP contribution in [0, 0.1) is 5.82 Å². The summed E-state index contributed by atoms with van der Waals surface area (Å²) in [5.41, 5.74) is 4.16. The van der Waals surface area contributed by atoms with E-state index in [1.165, 1.54) is 6.07 Å². The number of ether oxygens (including phenoxy) is 1. The van der Waals surface area contributed by atoms with Gasteiger partial charge in [0.25, 0.3) is 0 Å². The third-order valence-corrected chi connectivity index (χ3v) is 3.85. The van der Waals surface area contributed by atoms with Crippen molar-refractivity contribution in [3.8, 4) is 5.75 Å². The number of rotatable bonds is 3. The molecular formula is C19H20FNO. The Balaban J connectivity index is 2.10. The topological polar surface area (TPSA) is 12.5 Å². The molecule has 0 aromatic heterocycles. The minimum Gasteiger partial charge on any atom is -0.488 e. The monoisotopic (exact) mass is 297 g/mol. The van der Waals surface area contributed by atoms with Gasteiger partial charge in [0, 0.05) is 12.1 Å². The zero-order valence-corrected chi connectivity index (χ0v) is 13.0. The minimum absolute atomic E-state index is 0.236. The van der Waals surface area contributed by atoms with E-state index in [0.29, 0.717) is 6.61 Å². The number of benzene rings is 2. The van der Waals surface area contributed by atoms with Crippen molar-refractivity contribution >= 4 is 5.57 Å². The fourth-order valence-electron chi connectivity index (χ4n) is 2.74. The summed E-state index contributed by atoms with van der Waals surface area (Å²) in [6.07, 6.45) is 3.10. The lowest BCUT2D eigenvalue weighted by Crippen LogP contribution is -2.12. The largest absolute Gasteiger partial charge is 0.488 e. The number of fused-ring (bicyclic) bond motifs is 2. The van der Waals surface area contributed by atoms with Crippen molar-refractivity contribution in [1.82, 2.24) is 4.90 Å². The van der Waals surface area contributed by atoms with E-state index >= 15 is 0 Å². The van der Waals surface area contributed by atoms with Gasteiger partial charge in [-0.1, -0.05) is 30.3 Å². The molecule has 22 heavy (non-hydrogen) atoms. The van der Waals surface area contributed by atoms with Gasteiger partial charge in [0.05, 0.1) is 0 Å². The SMILES string of the molecule is CN(C)CC/C=C1\c2ccccc2COc2ccc(F)cc21. The summed E-state index contributed by atoms with van der Waals surface area (Å²) in [6, 6.07) is 12.9. The molecular weight excluding hydrogens is 277 g/mol. The molecule has 0 saturated heterocycles. The maximum atomic E-state index is 13.7. The molecule has 0 saturated carbocycles. The van der Waals surface area contributed by atoms with E-state index in [2.05, 4.69) is 37.2 Å². The molecule has 114 valence electrons. The predicted octanol–water partition coefficient (Wildman–Crippen LogP) is 4.10. The Morgan fingerprint density at radius 1 is 1.14 bits per heavy atom. The fraction of sp³-hybridized carbons (Fsp3) is 0.263. The normalized spacial score (nSPS) is 15.2. The zero-order chi connectivity index (χ0) is 15.5. The summed E-state index contributed by atoms with van der Waals surface area (Å²) in [5.74, 6) is 0.508. The third-order valence-electron chi connectivity index (χ3n) is 3.85. The van der Waals surface area contributed by atoms with E-state index in [0.717, 1.165) is 41.0 Å². The summed E-state index contributed by atoms with van der Waals surface area (Å²) < 4.78 is 19.6. The lowest BCUT2D eigenvalue weighted by molar-refractivity contribution is 0.307. The van der Waals surface area contributed by atoms with E-state index in [9.17, 15) is 4.39 Å². The molecule has 0 bridgehead atoms. The van der Waals surface area contributed by atoms with Gasteiger partial charge < -0.3 is 9.64 Å². The molecule has 1 aliphatic heterocycles. The molecule has 2 aromatic carbocycles. The van der Waals surface area contributed by atoms with E-state index in [-0.39, 0.29) is 5.82 Å². The van der Waals surface area contributed by atoms with Gasteiger partial charge in [-0.3, -0.25) is 0 Å². The third kappa shape index (κ3) is 3.04. The van der Waals surface area contributed by atoms with Crippen LogP contribution in [-0.2, 0) is 6.61 Å². The molecule has 2 aromatic rings. The Bertz CT molecular complexity index is 706. The average Bonchev–Trinajstić information content (AvgIpc) is 2.65. The lowest BCUT2D eigenvalue weighted by atomic mass is 9.93.